The van der Waals surface area contributed by atoms with Gasteiger partial charge in [0, 0.05) is 6.54 Å². The number of fused-ring (bicyclic) bond motifs is 1. The molecule has 0 saturated heterocycles. The molecule has 0 aliphatic rings. The molecule has 0 saturated carbocycles. The monoisotopic (exact) mass is 275 g/mol. The molecule has 0 fully saturated rings. The molecule has 0 bridgehead atoms. The van der Waals surface area contributed by atoms with Crippen LogP contribution in [0, 0.1) is 6.92 Å². The Balaban J connectivity index is 1.92. The summed E-state index contributed by atoms with van der Waals surface area (Å²) in [6.07, 6.45) is 3.12. The van der Waals surface area contributed by atoms with Crippen molar-refractivity contribution in [3.05, 3.63) is 36.3 Å². The number of rotatable bonds is 4. The Morgan fingerprint density at radius 1 is 1.37 bits per heavy atom. The van der Waals surface area contributed by atoms with Crippen LogP contribution in [-0.4, -0.2) is 26.5 Å². The Morgan fingerprint density at radius 2 is 2.26 bits per heavy atom. The Kier molecular flexibility index (Phi) is 3.22. The van der Waals surface area contributed by atoms with E-state index in [9.17, 15) is 0 Å². The number of nitrogens with two attached hydrogens (primary N) is 1. The number of nitrogens with zero attached hydrogens (tertiary/aromatic N) is 3. The molecule has 3 heterocycles. The molecule has 0 aliphatic carbocycles. The van der Waals surface area contributed by atoms with Crippen LogP contribution in [0.5, 0.6) is 0 Å². The summed E-state index contributed by atoms with van der Waals surface area (Å²) in [5.41, 5.74) is 7.32. The lowest BCUT2D eigenvalue weighted by molar-refractivity contribution is 0.481. The second-order valence-corrected chi connectivity index (χ2v) is 5.26. The Hall–Kier alpha value is -1.86. The molecule has 98 valence electrons. The first-order chi connectivity index (χ1) is 9.28. The molecule has 19 heavy (non-hydrogen) atoms. The van der Waals surface area contributed by atoms with Crippen molar-refractivity contribution in [3.63, 3.8) is 0 Å². The van der Waals surface area contributed by atoms with E-state index in [2.05, 4.69) is 19.9 Å². The second-order valence-electron chi connectivity index (χ2n) is 4.07. The largest absolute Gasteiger partial charge is 0.465 e. The van der Waals surface area contributed by atoms with Crippen LogP contribution in [0.3, 0.4) is 0 Å². The highest BCUT2D eigenvalue weighted by atomic mass is 32.2. The number of imidazole rings is 1. The SMILES string of the molecule is Cc1ccc(C(CN)Sc2ncnc3nc[nH]c23)o1. The molecule has 3 rings (SSSR count). The van der Waals surface area contributed by atoms with Crippen molar-refractivity contribution in [1.82, 2.24) is 19.9 Å². The lowest BCUT2D eigenvalue weighted by Crippen LogP contribution is -2.09. The lowest BCUT2D eigenvalue weighted by atomic mass is 10.3. The van der Waals surface area contributed by atoms with Gasteiger partial charge in [0.05, 0.1) is 11.6 Å². The summed E-state index contributed by atoms with van der Waals surface area (Å²) < 4.78 is 5.63. The van der Waals surface area contributed by atoms with Crippen molar-refractivity contribution in [2.45, 2.75) is 17.2 Å². The molecule has 3 N–H and O–H groups in total. The lowest BCUT2D eigenvalue weighted by Gasteiger charge is -2.11. The van der Waals surface area contributed by atoms with Crippen LogP contribution < -0.4 is 5.73 Å². The summed E-state index contributed by atoms with van der Waals surface area (Å²) in [5.74, 6) is 1.74. The first-order valence-corrected chi connectivity index (χ1v) is 6.73. The van der Waals surface area contributed by atoms with Gasteiger partial charge in [-0.15, -0.1) is 0 Å². The zero-order valence-corrected chi connectivity index (χ0v) is 11.1. The van der Waals surface area contributed by atoms with Crippen LogP contribution in [0.15, 0.2) is 34.2 Å². The summed E-state index contributed by atoms with van der Waals surface area (Å²) in [5, 5.41) is 0.849. The van der Waals surface area contributed by atoms with Crippen molar-refractivity contribution >= 4 is 22.9 Å². The minimum absolute atomic E-state index is 0.0232. The first kappa shape index (κ1) is 12.2. The number of aromatic amines is 1. The molecular formula is C12H13N5OS. The van der Waals surface area contributed by atoms with Gasteiger partial charge >= 0.3 is 0 Å². The van der Waals surface area contributed by atoms with E-state index in [0.29, 0.717) is 12.2 Å². The standard InChI is InChI=1S/C12H13N5OS/c1-7-2-3-8(18-7)9(4-13)19-12-10-11(15-5-14-10)16-6-17-12/h2-3,5-6,9H,4,13H2,1H3,(H,14,15,16,17). The van der Waals surface area contributed by atoms with Crippen LogP contribution in [0.25, 0.3) is 11.2 Å². The summed E-state index contributed by atoms with van der Waals surface area (Å²) in [7, 11) is 0. The Bertz CT molecular complexity index is 692. The molecule has 1 unspecified atom stereocenters. The summed E-state index contributed by atoms with van der Waals surface area (Å²) in [6, 6.07) is 3.88. The molecule has 0 radical (unpaired) electrons. The van der Waals surface area contributed by atoms with E-state index in [-0.39, 0.29) is 5.25 Å². The topological polar surface area (TPSA) is 93.6 Å². The van der Waals surface area contributed by atoms with E-state index in [1.54, 1.807) is 18.1 Å². The average molecular weight is 275 g/mol. The number of H-pyrrole nitrogens is 1. The first-order valence-electron chi connectivity index (χ1n) is 5.85. The number of aryl methyl sites for hydroxylation is 1. The number of hydrogen-bond acceptors (Lipinski definition) is 6. The molecule has 0 aliphatic heterocycles. The summed E-state index contributed by atoms with van der Waals surface area (Å²) in [4.78, 5) is 15.5. The maximum absolute atomic E-state index is 5.83. The molecule has 3 aromatic heterocycles. The smallest absolute Gasteiger partial charge is 0.181 e. The van der Waals surface area contributed by atoms with E-state index >= 15 is 0 Å². The molecule has 0 amide bonds. The van der Waals surface area contributed by atoms with Gasteiger partial charge in [-0.1, -0.05) is 11.8 Å². The molecule has 0 aromatic carbocycles. The normalized spacial score (nSPS) is 12.9. The summed E-state index contributed by atoms with van der Waals surface area (Å²) >= 11 is 1.55. The maximum atomic E-state index is 5.83. The molecule has 6 nitrogen and oxygen atoms in total. The van der Waals surface area contributed by atoms with E-state index in [1.165, 1.54) is 6.33 Å². The average Bonchev–Trinajstić information content (AvgIpc) is 3.04. The van der Waals surface area contributed by atoms with E-state index < -0.39 is 0 Å². The van der Waals surface area contributed by atoms with E-state index in [0.717, 1.165) is 22.1 Å². The van der Waals surface area contributed by atoms with Gasteiger partial charge in [0.15, 0.2) is 5.65 Å². The Labute approximate surface area is 113 Å². The van der Waals surface area contributed by atoms with Crippen molar-refractivity contribution in [3.8, 4) is 0 Å². The third-order valence-corrected chi connectivity index (χ3v) is 3.98. The van der Waals surface area contributed by atoms with Crippen LogP contribution in [-0.2, 0) is 0 Å². The van der Waals surface area contributed by atoms with Crippen LogP contribution in [0.1, 0.15) is 16.8 Å². The third-order valence-electron chi connectivity index (χ3n) is 2.73. The molecule has 0 spiro atoms. The molecule has 3 aromatic rings. The number of thioether (sulfide) groups is 1. The fourth-order valence-electron chi connectivity index (χ4n) is 1.82. The zero-order chi connectivity index (χ0) is 13.2. The van der Waals surface area contributed by atoms with Crippen LogP contribution in [0.2, 0.25) is 0 Å². The van der Waals surface area contributed by atoms with Crippen LogP contribution in [0.4, 0.5) is 0 Å². The minimum Gasteiger partial charge on any atom is -0.465 e. The molecule has 1 atom stereocenters. The number of hydrogen-bond donors (Lipinski definition) is 2. The van der Waals surface area contributed by atoms with Gasteiger partial charge in [0.25, 0.3) is 0 Å². The van der Waals surface area contributed by atoms with Crippen molar-refractivity contribution in [1.29, 1.82) is 0 Å². The Morgan fingerprint density at radius 3 is 3.00 bits per heavy atom. The van der Waals surface area contributed by atoms with Gasteiger partial charge in [-0.25, -0.2) is 15.0 Å². The minimum atomic E-state index is 0.0232. The highest BCUT2D eigenvalue weighted by Crippen LogP contribution is 2.36. The van der Waals surface area contributed by atoms with Crippen molar-refractivity contribution < 1.29 is 4.42 Å². The van der Waals surface area contributed by atoms with Gasteiger partial charge in [-0.05, 0) is 19.1 Å². The fourth-order valence-corrected chi connectivity index (χ4v) is 2.80. The second kappa shape index (κ2) is 5.02. The summed E-state index contributed by atoms with van der Waals surface area (Å²) in [6.45, 7) is 2.39. The predicted molar refractivity (Wildman–Crippen MR) is 72.8 cm³/mol. The van der Waals surface area contributed by atoms with Crippen molar-refractivity contribution in [2.75, 3.05) is 6.54 Å². The van der Waals surface area contributed by atoms with Crippen LogP contribution >= 0.6 is 11.8 Å². The predicted octanol–water partition coefficient (Wildman–Crippen LogP) is 2.05. The van der Waals surface area contributed by atoms with Gasteiger partial charge < -0.3 is 15.1 Å². The number of nitrogens with one attached hydrogen (secondary N) is 1. The van der Waals surface area contributed by atoms with Gasteiger partial charge in [0.1, 0.15) is 28.4 Å². The van der Waals surface area contributed by atoms with Crippen molar-refractivity contribution in [2.24, 2.45) is 5.73 Å². The fraction of sp³-hybridized carbons (Fsp3) is 0.250. The van der Waals surface area contributed by atoms with Gasteiger partial charge in [-0.2, -0.15) is 0 Å². The van der Waals surface area contributed by atoms with E-state index in [1.807, 2.05) is 19.1 Å². The molecule has 7 heteroatoms. The highest BCUT2D eigenvalue weighted by molar-refractivity contribution is 7.99. The third kappa shape index (κ3) is 2.34. The zero-order valence-electron chi connectivity index (χ0n) is 10.3. The maximum Gasteiger partial charge on any atom is 0.181 e. The number of furan rings is 1. The van der Waals surface area contributed by atoms with Gasteiger partial charge in [-0.3, -0.25) is 0 Å². The number of aromatic nitrogens is 4. The van der Waals surface area contributed by atoms with Gasteiger partial charge in [0.2, 0.25) is 0 Å². The quantitative estimate of drug-likeness (QED) is 0.559. The van der Waals surface area contributed by atoms with E-state index in [4.69, 9.17) is 10.2 Å². The highest BCUT2D eigenvalue weighted by Gasteiger charge is 2.18. The molecular weight excluding hydrogens is 262 g/mol.